The van der Waals surface area contributed by atoms with Crippen molar-refractivity contribution in [1.29, 1.82) is 0 Å². The Bertz CT molecular complexity index is 293. The standard InChI is InChI=1S/C16H32N2O2/c1-16(2)8-6-14(7-9-16)12-18(10-11-20-5)13-15(19)17(3)4/h14H,6-13H2,1-5H3. The Morgan fingerprint density at radius 1 is 1.25 bits per heavy atom. The number of methoxy groups -OCH3 is 1. The van der Waals surface area contributed by atoms with Gasteiger partial charge in [0, 0.05) is 34.3 Å². The molecule has 1 fully saturated rings. The molecule has 0 radical (unpaired) electrons. The van der Waals surface area contributed by atoms with Gasteiger partial charge in [-0.3, -0.25) is 9.69 Å². The Kier molecular flexibility index (Phi) is 6.96. The summed E-state index contributed by atoms with van der Waals surface area (Å²) in [5.41, 5.74) is 0.507. The van der Waals surface area contributed by atoms with Crippen molar-refractivity contribution < 1.29 is 9.53 Å². The monoisotopic (exact) mass is 284 g/mol. The minimum Gasteiger partial charge on any atom is -0.383 e. The quantitative estimate of drug-likeness (QED) is 0.719. The van der Waals surface area contributed by atoms with E-state index in [1.807, 2.05) is 14.1 Å². The van der Waals surface area contributed by atoms with Crippen molar-refractivity contribution >= 4 is 5.91 Å². The Balaban J connectivity index is 2.45. The van der Waals surface area contributed by atoms with Gasteiger partial charge in [-0.15, -0.1) is 0 Å². The second-order valence-corrected chi connectivity index (χ2v) is 7.12. The van der Waals surface area contributed by atoms with Crippen LogP contribution in [0.25, 0.3) is 0 Å². The maximum Gasteiger partial charge on any atom is 0.236 e. The van der Waals surface area contributed by atoms with Crippen molar-refractivity contribution in [1.82, 2.24) is 9.80 Å². The number of hydrogen-bond donors (Lipinski definition) is 0. The molecule has 1 amide bonds. The highest BCUT2D eigenvalue weighted by atomic mass is 16.5. The van der Waals surface area contributed by atoms with Gasteiger partial charge >= 0.3 is 0 Å². The molecule has 1 aliphatic rings. The third-order valence-electron chi connectivity index (χ3n) is 4.44. The summed E-state index contributed by atoms with van der Waals surface area (Å²) in [5.74, 6) is 0.909. The van der Waals surface area contributed by atoms with Crippen molar-refractivity contribution in [3.8, 4) is 0 Å². The van der Waals surface area contributed by atoms with E-state index < -0.39 is 0 Å². The topological polar surface area (TPSA) is 32.8 Å². The van der Waals surface area contributed by atoms with Crippen molar-refractivity contribution in [2.75, 3.05) is 47.4 Å². The molecule has 1 rings (SSSR count). The van der Waals surface area contributed by atoms with Crippen LogP contribution in [0.2, 0.25) is 0 Å². The number of nitrogens with zero attached hydrogens (tertiary/aromatic N) is 2. The van der Waals surface area contributed by atoms with E-state index in [1.165, 1.54) is 25.7 Å². The Hall–Kier alpha value is -0.610. The van der Waals surface area contributed by atoms with Gasteiger partial charge in [0.2, 0.25) is 5.91 Å². The highest BCUT2D eigenvalue weighted by molar-refractivity contribution is 5.77. The van der Waals surface area contributed by atoms with Crippen LogP contribution in [0.3, 0.4) is 0 Å². The number of likely N-dealkylation sites (N-methyl/N-ethyl adjacent to an activating group) is 1. The molecule has 0 heterocycles. The molecule has 0 spiro atoms. The number of rotatable bonds is 7. The molecule has 4 nitrogen and oxygen atoms in total. The van der Waals surface area contributed by atoms with Crippen LogP contribution < -0.4 is 0 Å². The predicted molar refractivity (Wildman–Crippen MR) is 82.7 cm³/mol. The van der Waals surface area contributed by atoms with E-state index in [-0.39, 0.29) is 5.91 Å². The zero-order valence-corrected chi connectivity index (χ0v) is 13.9. The van der Waals surface area contributed by atoms with Gasteiger partial charge in [0.15, 0.2) is 0 Å². The summed E-state index contributed by atoms with van der Waals surface area (Å²) in [5, 5.41) is 0. The van der Waals surface area contributed by atoms with Crippen LogP contribution in [0.1, 0.15) is 39.5 Å². The molecule has 0 aromatic carbocycles. The smallest absolute Gasteiger partial charge is 0.236 e. The summed E-state index contributed by atoms with van der Waals surface area (Å²) in [7, 11) is 5.36. The maximum atomic E-state index is 11.9. The molecule has 0 saturated heterocycles. The summed E-state index contributed by atoms with van der Waals surface area (Å²) in [6, 6.07) is 0. The normalized spacial score (nSPS) is 19.3. The molecular weight excluding hydrogens is 252 g/mol. The van der Waals surface area contributed by atoms with E-state index in [0.29, 0.717) is 18.6 Å². The highest BCUT2D eigenvalue weighted by Crippen LogP contribution is 2.38. The average molecular weight is 284 g/mol. The zero-order valence-electron chi connectivity index (χ0n) is 13.9. The Labute approximate surface area is 124 Å². The molecular formula is C16H32N2O2. The second kappa shape index (κ2) is 7.99. The average Bonchev–Trinajstić information content (AvgIpc) is 2.38. The van der Waals surface area contributed by atoms with Gasteiger partial charge in [-0.1, -0.05) is 13.8 Å². The predicted octanol–water partition coefficient (Wildman–Crippen LogP) is 2.24. The van der Waals surface area contributed by atoms with Crippen LogP contribution in [0.15, 0.2) is 0 Å². The highest BCUT2D eigenvalue weighted by Gasteiger charge is 2.28. The van der Waals surface area contributed by atoms with Crippen molar-refractivity contribution in [2.24, 2.45) is 11.3 Å². The lowest BCUT2D eigenvalue weighted by molar-refractivity contribution is -0.130. The first-order valence-corrected chi connectivity index (χ1v) is 7.75. The van der Waals surface area contributed by atoms with Gasteiger partial charge < -0.3 is 9.64 Å². The summed E-state index contributed by atoms with van der Waals surface area (Å²) in [6.07, 6.45) is 5.17. The van der Waals surface area contributed by atoms with Crippen molar-refractivity contribution in [3.63, 3.8) is 0 Å². The molecule has 118 valence electrons. The minimum atomic E-state index is 0.178. The molecule has 4 heteroatoms. The Morgan fingerprint density at radius 3 is 2.35 bits per heavy atom. The van der Waals surface area contributed by atoms with Crippen LogP contribution in [0, 0.1) is 11.3 Å². The number of carbonyl (C=O) groups is 1. The lowest BCUT2D eigenvalue weighted by atomic mass is 9.73. The summed E-state index contributed by atoms with van der Waals surface area (Å²) in [4.78, 5) is 15.8. The van der Waals surface area contributed by atoms with Crippen molar-refractivity contribution in [3.05, 3.63) is 0 Å². The van der Waals surface area contributed by atoms with E-state index in [4.69, 9.17) is 4.74 Å². The first-order chi connectivity index (χ1) is 9.34. The molecule has 0 unspecified atom stereocenters. The molecule has 0 N–H and O–H groups in total. The van der Waals surface area contributed by atoms with E-state index in [9.17, 15) is 4.79 Å². The summed E-state index contributed by atoms with van der Waals surface area (Å²) in [6.45, 7) is 7.80. The number of ether oxygens (including phenoxy) is 1. The van der Waals surface area contributed by atoms with E-state index in [2.05, 4.69) is 18.7 Å². The summed E-state index contributed by atoms with van der Waals surface area (Å²) < 4.78 is 5.17. The van der Waals surface area contributed by atoms with E-state index in [0.717, 1.165) is 19.0 Å². The SMILES string of the molecule is COCCN(CC(=O)N(C)C)CC1CCC(C)(C)CC1. The lowest BCUT2D eigenvalue weighted by Gasteiger charge is -2.36. The maximum absolute atomic E-state index is 11.9. The molecule has 0 bridgehead atoms. The van der Waals surface area contributed by atoms with Crippen LogP contribution in [-0.2, 0) is 9.53 Å². The third-order valence-corrected chi connectivity index (χ3v) is 4.44. The van der Waals surface area contributed by atoms with E-state index in [1.54, 1.807) is 12.0 Å². The molecule has 20 heavy (non-hydrogen) atoms. The fourth-order valence-electron chi connectivity index (χ4n) is 2.79. The van der Waals surface area contributed by atoms with Gasteiger partial charge in [0.25, 0.3) is 0 Å². The Morgan fingerprint density at radius 2 is 1.85 bits per heavy atom. The first-order valence-electron chi connectivity index (χ1n) is 7.75. The van der Waals surface area contributed by atoms with Crippen LogP contribution in [-0.4, -0.2) is 63.2 Å². The molecule has 0 aliphatic heterocycles. The van der Waals surface area contributed by atoms with Crippen molar-refractivity contribution in [2.45, 2.75) is 39.5 Å². The lowest BCUT2D eigenvalue weighted by Crippen LogP contribution is -2.41. The van der Waals surface area contributed by atoms with Gasteiger partial charge in [0.1, 0.15) is 0 Å². The number of hydrogen-bond acceptors (Lipinski definition) is 3. The molecule has 0 aromatic heterocycles. The molecule has 0 atom stereocenters. The van der Waals surface area contributed by atoms with E-state index >= 15 is 0 Å². The number of carbonyl (C=O) groups excluding carboxylic acids is 1. The van der Waals surface area contributed by atoms with Crippen LogP contribution in [0.4, 0.5) is 0 Å². The summed E-state index contributed by atoms with van der Waals surface area (Å²) >= 11 is 0. The molecule has 1 saturated carbocycles. The van der Waals surface area contributed by atoms with Gasteiger partial charge in [-0.05, 0) is 37.0 Å². The van der Waals surface area contributed by atoms with Crippen LogP contribution in [0.5, 0.6) is 0 Å². The van der Waals surface area contributed by atoms with Gasteiger partial charge in [0.05, 0.1) is 13.2 Å². The zero-order chi connectivity index (χ0) is 15.2. The fraction of sp³-hybridized carbons (Fsp3) is 0.938. The third kappa shape index (κ3) is 6.23. The second-order valence-electron chi connectivity index (χ2n) is 7.12. The fourth-order valence-corrected chi connectivity index (χ4v) is 2.79. The molecule has 1 aliphatic carbocycles. The molecule has 0 aromatic rings. The first kappa shape index (κ1) is 17.4. The van der Waals surface area contributed by atoms with Gasteiger partial charge in [-0.2, -0.15) is 0 Å². The largest absolute Gasteiger partial charge is 0.383 e. The van der Waals surface area contributed by atoms with Gasteiger partial charge in [-0.25, -0.2) is 0 Å². The van der Waals surface area contributed by atoms with Crippen LogP contribution >= 0.6 is 0 Å². The minimum absolute atomic E-state index is 0.178. The number of amides is 1.